The Labute approximate surface area is 173 Å². The van der Waals surface area contributed by atoms with Gasteiger partial charge in [-0.3, -0.25) is 13.5 Å². The molecule has 0 bridgehead atoms. The van der Waals surface area contributed by atoms with E-state index in [2.05, 4.69) is 5.32 Å². The van der Waals surface area contributed by atoms with Crippen molar-refractivity contribution in [1.29, 1.82) is 0 Å². The van der Waals surface area contributed by atoms with Crippen molar-refractivity contribution in [1.82, 2.24) is 3.96 Å². The Morgan fingerprint density at radius 2 is 1.34 bits per heavy atom. The lowest BCUT2D eigenvalue weighted by atomic mass is 10.1. The fraction of sp³-hybridized carbons (Fsp3) is 0.0833. The third-order valence-electron chi connectivity index (χ3n) is 4.59. The standard InChI is InChI=1S/C24H20N2O2S/c27-22(20-14-8-3-9-15-20)23-21(25-16-18-10-4-1-5-11-18)24(28)26(29-23)17-19-12-6-2-7-13-19/h1-15,25H,16-17H2. The van der Waals surface area contributed by atoms with Crippen LogP contribution in [0.15, 0.2) is 95.8 Å². The van der Waals surface area contributed by atoms with Crippen molar-refractivity contribution >= 4 is 23.0 Å². The van der Waals surface area contributed by atoms with E-state index >= 15 is 0 Å². The highest BCUT2D eigenvalue weighted by atomic mass is 32.1. The first kappa shape index (κ1) is 18.9. The van der Waals surface area contributed by atoms with Crippen LogP contribution in [0.5, 0.6) is 0 Å². The third kappa shape index (κ3) is 4.36. The van der Waals surface area contributed by atoms with Gasteiger partial charge in [0.15, 0.2) is 0 Å². The minimum atomic E-state index is -0.172. The molecule has 3 aromatic carbocycles. The molecule has 0 saturated heterocycles. The summed E-state index contributed by atoms with van der Waals surface area (Å²) in [6.07, 6.45) is 0. The molecule has 5 heteroatoms. The minimum absolute atomic E-state index is 0.143. The number of nitrogens with one attached hydrogen (secondary N) is 1. The number of aromatic nitrogens is 1. The molecule has 0 spiro atoms. The highest BCUT2D eigenvalue weighted by Crippen LogP contribution is 2.23. The Morgan fingerprint density at radius 1 is 0.793 bits per heavy atom. The number of carbonyl (C=O) groups is 1. The summed E-state index contributed by atoms with van der Waals surface area (Å²) in [7, 11) is 0. The number of hydrogen-bond donors (Lipinski definition) is 1. The van der Waals surface area contributed by atoms with E-state index in [1.165, 1.54) is 11.5 Å². The molecule has 0 fully saturated rings. The fourth-order valence-electron chi connectivity index (χ4n) is 3.09. The second kappa shape index (κ2) is 8.71. The molecule has 4 rings (SSSR count). The zero-order valence-corrected chi connectivity index (χ0v) is 16.6. The van der Waals surface area contributed by atoms with Crippen molar-refractivity contribution in [2.45, 2.75) is 13.1 Å². The van der Waals surface area contributed by atoms with Crippen LogP contribution < -0.4 is 10.9 Å². The molecule has 0 aliphatic heterocycles. The Morgan fingerprint density at radius 3 is 1.97 bits per heavy atom. The smallest absolute Gasteiger partial charge is 0.285 e. The zero-order chi connectivity index (χ0) is 20.1. The highest BCUT2D eigenvalue weighted by Gasteiger charge is 2.22. The monoisotopic (exact) mass is 400 g/mol. The first-order valence-electron chi connectivity index (χ1n) is 9.38. The molecule has 0 atom stereocenters. The van der Waals surface area contributed by atoms with Gasteiger partial charge in [0.2, 0.25) is 5.78 Å². The third-order valence-corrected chi connectivity index (χ3v) is 5.68. The van der Waals surface area contributed by atoms with E-state index in [0.29, 0.717) is 29.2 Å². The van der Waals surface area contributed by atoms with E-state index < -0.39 is 0 Å². The number of benzene rings is 3. The van der Waals surface area contributed by atoms with Crippen LogP contribution in [0.1, 0.15) is 26.4 Å². The largest absolute Gasteiger partial charge is 0.375 e. The summed E-state index contributed by atoms with van der Waals surface area (Å²) < 4.78 is 1.64. The zero-order valence-electron chi connectivity index (χ0n) is 15.7. The van der Waals surface area contributed by atoms with E-state index in [0.717, 1.165) is 11.1 Å². The number of rotatable bonds is 7. The van der Waals surface area contributed by atoms with Gasteiger partial charge < -0.3 is 5.32 Å². The Kier molecular flexibility index (Phi) is 5.68. The van der Waals surface area contributed by atoms with Crippen LogP contribution in [0.4, 0.5) is 5.69 Å². The van der Waals surface area contributed by atoms with Crippen LogP contribution in [-0.4, -0.2) is 9.74 Å². The maximum absolute atomic E-state index is 13.1. The number of anilines is 1. The maximum Gasteiger partial charge on any atom is 0.285 e. The molecule has 0 saturated carbocycles. The SMILES string of the molecule is O=C(c1ccccc1)c1sn(Cc2ccccc2)c(=O)c1NCc1ccccc1. The first-order chi connectivity index (χ1) is 14.2. The van der Waals surface area contributed by atoms with Gasteiger partial charge in [0.1, 0.15) is 10.6 Å². The van der Waals surface area contributed by atoms with Gasteiger partial charge in [-0.2, -0.15) is 0 Å². The molecular weight excluding hydrogens is 380 g/mol. The summed E-state index contributed by atoms with van der Waals surface area (Å²) in [4.78, 5) is 26.7. The molecule has 144 valence electrons. The van der Waals surface area contributed by atoms with Gasteiger partial charge in [-0.25, -0.2) is 0 Å². The Hall–Kier alpha value is -3.44. The Balaban J connectivity index is 1.70. The molecule has 0 unspecified atom stereocenters. The van der Waals surface area contributed by atoms with Crippen molar-refractivity contribution < 1.29 is 4.79 Å². The molecule has 1 N–H and O–H groups in total. The van der Waals surface area contributed by atoms with Crippen molar-refractivity contribution in [3.05, 3.63) is 123 Å². The minimum Gasteiger partial charge on any atom is -0.375 e. The van der Waals surface area contributed by atoms with E-state index in [1.54, 1.807) is 16.1 Å². The number of ketones is 1. The van der Waals surface area contributed by atoms with Crippen molar-refractivity contribution in [3.8, 4) is 0 Å². The van der Waals surface area contributed by atoms with Crippen LogP contribution in [0, 0.1) is 0 Å². The number of carbonyl (C=O) groups excluding carboxylic acids is 1. The normalized spacial score (nSPS) is 10.6. The van der Waals surface area contributed by atoms with Crippen LogP contribution >= 0.6 is 11.5 Å². The lowest BCUT2D eigenvalue weighted by Crippen LogP contribution is -2.18. The molecule has 1 heterocycles. The lowest BCUT2D eigenvalue weighted by Gasteiger charge is -2.06. The molecule has 29 heavy (non-hydrogen) atoms. The average Bonchev–Trinajstić information content (AvgIpc) is 3.09. The maximum atomic E-state index is 13.1. The predicted molar refractivity (Wildman–Crippen MR) is 118 cm³/mol. The summed E-state index contributed by atoms with van der Waals surface area (Å²) in [5.41, 5.74) is 2.83. The van der Waals surface area contributed by atoms with Crippen molar-refractivity contribution in [3.63, 3.8) is 0 Å². The van der Waals surface area contributed by atoms with E-state index in [1.807, 2.05) is 78.9 Å². The Bertz CT molecular complexity index is 1150. The molecule has 0 radical (unpaired) electrons. The second-order valence-electron chi connectivity index (χ2n) is 6.66. The average molecular weight is 401 g/mol. The van der Waals surface area contributed by atoms with Gasteiger partial charge in [0.05, 0.1) is 6.54 Å². The van der Waals surface area contributed by atoms with E-state index in [-0.39, 0.29) is 11.3 Å². The molecule has 0 aliphatic rings. The van der Waals surface area contributed by atoms with Gasteiger partial charge in [-0.05, 0) is 22.7 Å². The van der Waals surface area contributed by atoms with Crippen LogP contribution in [0.3, 0.4) is 0 Å². The van der Waals surface area contributed by atoms with E-state index in [9.17, 15) is 9.59 Å². The van der Waals surface area contributed by atoms with Gasteiger partial charge in [-0.15, -0.1) is 0 Å². The molecule has 1 aromatic heterocycles. The molecule has 4 aromatic rings. The van der Waals surface area contributed by atoms with Gasteiger partial charge in [0.25, 0.3) is 5.56 Å². The first-order valence-corrected chi connectivity index (χ1v) is 10.2. The summed E-state index contributed by atoms with van der Waals surface area (Å²) in [5, 5.41) is 3.21. The van der Waals surface area contributed by atoms with E-state index in [4.69, 9.17) is 0 Å². The predicted octanol–water partition coefficient (Wildman–Crippen LogP) is 4.80. The summed E-state index contributed by atoms with van der Waals surface area (Å²) in [5.74, 6) is -0.143. The van der Waals surface area contributed by atoms with Crippen molar-refractivity contribution in [2.24, 2.45) is 0 Å². The topological polar surface area (TPSA) is 51.1 Å². The van der Waals surface area contributed by atoms with Crippen LogP contribution in [-0.2, 0) is 13.1 Å². The highest BCUT2D eigenvalue weighted by molar-refractivity contribution is 7.09. The quantitative estimate of drug-likeness (QED) is 0.453. The van der Waals surface area contributed by atoms with Crippen LogP contribution in [0.2, 0.25) is 0 Å². The van der Waals surface area contributed by atoms with Crippen molar-refractivity contribution in [2.75, 3.05) is 5.32 Å². The number of hydrogen-bond acceptors (Lipinski definition) is 4. The molecular formula is C24H20N2O2S. The van der Waals surface area contributed by atoms with Crippen LogP contribution in [0.25, 0.3) is 0 Å². The lowest BCUT2D eigenvalue weighted by molar-refractivity contribution is 0.104. The summed E-state index contributed by atoms with van der Waals surface area (Å²) in [6, 6.07) is 28.7. The molecule has 4 nitrogen and oxygen atoms in total. The summed E-state index contributed by atoms with van der Waals surface area (Å²) >= 11 is 1.21. The number of nitrogens with zero attached hydrogens (tertiary/aromatic N) is 1. The molecule has 0 aliphatic carbocycles. The summed E-state index contributed by atoms with van der Waals surface area (Å²) in [6.45, 7) is 0.916. The molecule has 0 amide bonds. The fourth-order valence-corrected chi connectivity index (χ4v) is 4.15. The van der Waals surface area contributed by atoms with Gasteiger partial charge in [0, 0.05) is 12.1 Å². The second-order valence-corrected chi connectivity index (χ2v) is 7.69. The van der Waals surface area contributed by atoms with Gasteiger partial charge in [-0.1, -0.05) is 91.0 Å². The van der Waals surface area contributed by atoms with Gasteiger partial charge >= 0.3 is 0 Å².